The van der Waals surface area contributed by atoms with Crippen molar-refractivity contribution in [3.63, 3.8) is 0 Å². The minimum absolute atomic E-state index is 0.241. The fourth-order valence-electron chi connectivity index (χ4n) is 1.36. The molecule has 0 amide bonds. The monoisotopic (exact) mass is 330 g/mol. The summed E-state index contributed by atoms with van der Waals surface area (Å²) in [5.41, 5.74) is 6.37. The van der Waals surface area contributed by atoms with Gasteiger partial charge in [0.15, 0.2) is 0 Å². The van der Waals surface area contributed by atoms with Crippen molar-refractivity contribution in [2.24, 2.45) is 5.73 Å². The van der Waals surface area contributed by atoms with Crippen molar-refractivity contribution in [2.45, 2.75) is 18.6 Å². The molecule has 1 rings (SSSR count). The Morgan fingerprint density at radius 2 is 1.71 bits per heavy atom. The lowest BCUT2D eigenvalue weighted by Gasteiger charge is -2.14. The molecule has 0 heterocycles. The third-order valence-corrected chi connectivity index (χ3v) is 5.02. The number of benzene rings is 1. The Bertz CT molecular complexity index is 459. The molecule has 1 aromatic rings. The lowest BCUT2D eigenvalue weighted by atomic mass is 10.2. The third kappa shape index (κ3) is 7.37. The lowest BCUT2D eigenvalue weighted by molar-refractivity contribution is -0.139. The van der Waals surface area contributed by atoms with Gasteiger partial charge in [0.1, 0.15) is 12.1 Å². The van der Waals surface area contributed by atoms with Gasteiger partial charge < -0.3 is 15.9 Å². The Hall–Kier alpha value is -1.22. The van der Waals surface area contributed by atoms with Crippen LogP contribution in [0.2, 0.25) is 0 Å². The molecule has 0 aromatic heterocycles. The van der Waals surface area contributed by atoms with E-state index < -0.39 is 24.0 Å². The standard InChI is InChI=1S/C13H18N2O4S2/c14-10(12(16)17)7-20-21-8-11(13(18)19)15-6-9-4-2-1-3-5-9/h1-5,10-11,15H,6-8,14H2,(H,16,17)(H,18,19)/t10-,11-/m0/s1. The molecule has 0 saturated heterocycles. The summed E-state index contributed by atoms with van der Waals surface area (Å²) in [6.45, 7) is 0.470. The maximum Gasteiger partial charge on any atom is 0.321 e. The Balaban J connectivity index is 2.30. The first-order chi connectivity index (χ1) is 10.0. The topological polar surface area (TPSA) is 113 Å². The van der Waals surface area contributed by atoms with Gasteiger partial charge in [0.2, 0.25) is 0 Å². The molecule has 0 radical (unpaired) electrons. The predicted molar refractivity (Wildman–Crippen MR) is 85.2 cm³/mol. The van der Waals surface area contributed by atoms with E-state index in [9.17, 15) is 9.59 Å². The average Bonchev–Trinajstić information content (AvgIpc) is 2.46. The molecule has 8 heteroatoms. The molecule has 0 bridgehead atoms. The van der Waals surface area contributed by atoms with E-state index in [0.29, 0.717) is 12.3 Å². The number of carboxylic acids is 2. The van der Waals surface area contributed by atoms with E-state index in [1.54, 1.807) is 0 Å². The van der Waals surface area contributed by atoms with Gasteiger partial charge in [0.05, 0.1) is 0 Å². The molecule has 0 aliphatic heterocycles. The summed E-state index contributed by atoms with van der Waals surface area (Å²) in [7, 11) is 2.57. The third-order valence-electron chi connectivity index (χ3n) is 2.58. The van der Waals surface area contributed by atoms with Crippen LogP contribution in [0.15, 0.2) is 30.3 Å². The van der Waals surface area contributed by atoms with Gasteiger partial charge in [-0.1, -0.05) is 51.9 Å². The number of hydrogen-bond acceptors (Lipinski definition) is 6. The first kappa shape index (κ1) is 17.8. The van der Waals surface area contributed by atoms with E-state index in [0.717, 1.165) is 5.56 Å². The Morgan fingerprint density at radius 1 is 1.10 bits per heavy atom. The molecule has 1 aromatic carbocycles. The van der Waals surface area contributed by atoms with E-state index in [2.05, 4.69) is 5.32 Å². The summed E-state index contributed by atoms with van der Waals surface area (Å²) in [5, 5.41) is 20.7. The highest BCUT2D eigenvalue weighted by Gasteiger charge is 2.18. The Labute approximate surface area is 130 Å². The summed E-state index contributed by atoms with van der Waals surface area (Å²) in [6, 6.07) is 7.90. The van der Waals surface area contributed by atoms with Crippen LogP contribution >= 0.6 is 21.6 Å². The van der Waals surface area contributed by atoms with E-state index >= 15 is 0 Å². The Morgan fingerprint density at radius 3 is 2.29 bits per heavy atom. The van der Waals surface area contributed by atoms with Crippen LogP contribution in [-0.2, 0) is 16.1 Å². The second-order valence-corrected chi connectivity index (χ2v) is 6.82. The predicted octanol–water partition coefficient (Wildman–Crippen LogP) is 1.02. The molecule has 0 spiro atoms. The van der Waals surface area contributed by atoms with Crippen LogP contribution in [0, 0.1) is 0 Å². The van der Waals surface area contributed by atoms with Crippen LogP contribution in [-0.4, -0.2) is 45.7 Å². The smallest absolute Gasteiger partial charge is 0.321 e. The molecule has 5 N–H and O–H groups in total. The average molecular weight is 330 g/mol. The molecular formula is C13H18N2O4S2. The maximum absolute atomic E-state index is 11.2. The van der Waals surface area contributed by atoms with Crippen LogP contribution in [0.1, 0.15) is 5.56 Å². The number of nitrogens with one attached hydrogen (secondary N) is 1. The van der Waals surface area contributed by atoms with Gasteiger partial charge >= 0.3 is 11.9 Å². The second kappa shape index (κ2) is 9.67. The first-order valence-corrected chi connectivity index (χ1v) is 8.72. The maximum atomic E-state index is 11.2. The molecular weight excluding hydrogens is 312 g/mol. The number of carbonyl (C=O) groups is 2. The van der Waals surface area contributed by atoms with Crippen molar-refractivity contribution in [1.29, 1.82) is 0 Å². The molecule has 0 unspecified atom stereocenters. The van der Waals surface area contributed by atoms with Crippen LogP contribution in [0.3, 0.4) is 0 Å². The van der Waals surface area contributed by atoms with Gasteiger partial charge in [-0.3, -0.25) is 14.9 Å². The molecule has 0 saturated carbocycles. The SMILES string of the molecule is N[C@@H](CSSC[C@H](NCc1ccccc1)C(=O)O)C(=O)O. The fourth-order valence-corrected chi connectivity index (χ4v) is 3.67. The zero-order valence-electron chi connectivity index (χ0n) is 11.3. The largest absolute Gasteiger partial charge is 0.480 e. The molecule has 2 atom stereocenters. The summed E-state index contributed by atoms with van der Waals surface area (Å²) in [4.78, 5) is 21.7. The van der Waals surface area contributed by atoms with E-state index in [-0.39, 0.29) is 5.75 Å². The van der Waals surface area contributed by atoms with Gasteiger partial charge in [-0.25, -0.2) is 0 Å². The van der Waals surface area contributed by atoms with Crippen molar-refractivity contribution in [2.75, 3.05) is 11.5 Å². The van der Waals surface area contributed by atoms with Crippen molar-refractivity contribution < 1.29 is 19.8 Å². The second-order valence-electron chi connectivity index (χ2n) is 4.27. The number of carboxylic acid groups (broad SMARTS) is 2. The number of rotatable bonds is 10. The van der Waals surface area contributed by atoms with Crippen molar-refractivity contribution in [1.82, 2.24) is 5.32 Å². The van der Waals surface area contributed by atoms with Gasteiger partial charge in [-0.2, -0.15) is 0 Å². The van der Waals surface area contributed by atoms with Crippen LogP contribution in [0.25, 0.3) is 0 Å². The zero-order valence-corrected chi connectivity index (χ0v) is 12.9. The molecule has 6 nitrogen and oxygen atoms in total. The van der Waals surface area contributed by atoms with Crippen LogP contribution in [0.5, 0.6) is 0 Å². The minimum atomic E-state index is -1.06. The minimum Gasteiger partial charge on any atom is -0.480 e. The quantitative estimate of drug-likeness (QED) is 0.371. The summed E-state index contributed by atoms with van der Waals surface area (Å²) < 4.78 is 0. The van der Waals surface area contributed by atoms with Crippen molar-refractivity contribution >= 4 is 33.5 Å². The Kier molecular flexibility index (Phi) is 8.21. The van der Waals surface area contributed by atoms with Crippen molar-refractivity contribution in [3.05, 3.63) is 35.9 Å². The van der Waals surface area contributed by atoms with E-state index in [1.165, 1.54) is 21.6 Å². The zero-order chi connectivity index (χ0) is 15.7. The normalized spacial score (nSPS) is 13.6. The molecule has 21 heavy (non-hydrogen) atoms. The summed E-state index contributed by atoms with van der Waals surface area (Å²) >= 11 is 0. The molecule has 0 aliphatic rings. The summed E-state index contributed by atoms with van der Waals surface area (Å²) in [6.07, 6.45) is 0. The number of aliphatic carboxylic acids is 2. The molecule has 0 fully saturated rings. The van der Waals surface area contributed by atoms with Gasteiger partial charge in [0.25, 0.3) is 0 Å². The first-order valence-electron chi connectivity index (χ1n) is 6.23. The van der Waals surface area contributed by atoms with E-state index in [1.807, 2.05) is 30.3 Å². The molecule has 0 aliphatic carbocycles. The van der Waals surface area contributed by atoms with Gasteiger partial charge in [0, 0.05) is 18.1 Å². The van der Waals surface area contributed by atoms with Crippen LogP contribution < -0.4 is 11.1 Å². The van der Waals surface area contributed by atoms with Crippen molar-refractivity contribution in [3.8, 4) is 0 Å². The number of hydrogen-bond donors (Lipinski definition) is 4. The highest BCUT2D eigenvalue weighted by molar-refractivity contribution is 8.76. The summed E-state index contributed by atoms with van der Waals surface area (Å²) in [5.74, 6) is -1.41. The fraction of sp³-hybridized carbons (Fsp3) is 0.385. The van der Waals surface area contributed by atoms with Gasteiger partial charge in [-0.15, -0.1) is 0 Å². The number of nitrogens with two attached hydrogens (primary N) is 1. The van der Waals surface area contributed by atoms with Gasteiger partial charge in [-0.05, 0) is 5.56 Å². The highest BCUT2D eigenvalue weighted by Crippen LogP contribution is 2.22. The highest BCUT2D eigenvalue weighted by atomic mass is 33.1. The van der Waals surface area contributed by atoms with E-state index in [4.69, 9.17) is 15.9 Å². The van der Waals surface area contributed by atoms with Crippen LogP contribution in [0.4, 0.5) is 0 Å². The lowest BCUT2D eigenvalue weighted by Crippen LogP contribution is -2.38. The molecule has 116 valence electrons.